The molecule has 1 atom stereocenters. The maximum atomic E-state index is 11.9. The summed E-state index contributed by atoms with van der Waals surface area (Å²) in [5.41, 5.74) is -0.552. The van der Waals surface area contributed by atoms with Gasteiger partial charge >= 0.3 is 6.09 Å². The van der Waals surface area contributed by atoms with Crippen LogP contribution in [0.2, 0.25) is 0 Å². The van der Waals surface area contributed by atoms with Crippen molar-refractivity contribution in [2.75, 3.05) is 7.05 Å². The van der Waals surface area contributed by atoms with Crippen LogP contribution in [-0.4, -0.2) is 30.7 Å². The first kappa shape index (κ1) is 15.8. The Morgan fingerprint density at radius 3 is 2.21 bits per heavy atom. The molecule has 5 nitrogen and oxygen atoms in total. The Labute approximate surface area is 115 Å². The van der Waals surface area contributed by atoms with Crippen molar-refractivity contribution in [3.8, 4) is 0 Å². The molecule has 1 saturated carbocycles. The lowest BCUT2D eigenvalue weighted by Gasteiger charge is -2.30. The van der Waals surface area contributed by atoms with Crippen LogP contribution in [0.15, 0.2) is 0 Å². The zero-order valence-electron chi connectivity index (χ0n) is 12.4. The number of nitrogens with one attached hydrogen (secondary N) is 2. The molecule has 0 bridgehead atoms. The van der Waals surface area contributed by atoms with Gasteiger partial charge < -0.3 is 15.4 Å². The second-order valence-electron chi connectivity index (χ2n) is 6.14. The Hall–Kier alpha value is -1.26. The summed E-state index contributed by atoms with van der Waals surface area (Å²) in [4.78, 5) is 23.7. The molecule has 1 aliphatic carbocycles. The number of likely N-dealkylation sites (N-methyl/N-ethyl adjacent to an activating group) is 1. The molecular weight excluding hydrogens is 244 g/mol. The van der Waals surface area contributed by atoms with E-state index in [9.17, 15) is 9.59 Å². The van der Waals surface area contributed by atoms with Crippen molar-refractivity contribution in [2.24, 2.45) is 5.92 Å². The molecule has 0 aliphatic heterocycles. The summed E-state index contributed by atoms with van der Waals surface area (Å²) in [6.45, 7) is 5.42. The molecule has 0 spiro atoms. The van der Waals surface area contributed by atoms with Crippen LogP contribution in [0, 0.1) is 5.92 Å². The summed E-state index contributed by atoms with van der Waals surface area (Å²) in [5, 5.41) is 5.34. The number of hydrogen-bond acceptors (Lipinski definition) is 3. The van der Waals surface area contributed by atoms with Crippen molar-refractivity contribution in [3.63, 3.8) is 0 Å². The summed E-state index contributed by atoms with van der Waals surface area (Å²) < 4.78 is 5.22. The van der Waals surface area contributed by atoms with Gasteiger partial charge in [0.2, 0.25) is 5.91 Å². The summed E-state index contributed by atoms with van der Waals surface area (Å²) in [6, 6.07) is -0.486. The Morgan fingerprint density at radius 2 is 1.74 bits per heavy atom. The summed E-state index contributed by atoms with van der Waals surface area (Å²) in [5.74, 6) is 0.0685. The standard InChI is InChI=1S/C14H26N2O3/c1-14(2,3)19-13(18)16-11(12(17)15-4)10-8-6-5-7-9-10/h10-11H,5-9H2,1-4H3,(H,15,17)(H,16,18)/t11-/m1/s1. The number of alkyl carbamates (subject to hydrolysis) is 1. The van der Waals surface area contributed by atoms with Gasteiger partial charge in [0.05, 0.1) is 0 Å². The monoisotopic (exact) mass is 270 g/mol. The van der Waals surface area contributed by atoms with Gasteiger partial charge in [-0.15, -0.1) is 0 Å². The lowest BCUT2D eigenvalue weighted by Crippen LogP contribution is -2.51. The molecule has 1 fully saturated rings. The van der Waals surface area contributed by atoms with Crippen molar-refractivity contribution < 1.29 is 14.3 Å². The van der Waals surface area contributed by atoms with Gasteiger partial charge in [0, 0.05) is 7.05 Å². The lowest BCUT2D eigenvalue weighted by atomic mass is 9.83. The molecule has 0 aromatic carbocycles. The minimum absolute atomic E-state index is 0.141. The van der Waals surface area contributed by atoms with Crippen LogP contribution < -0.4 is 10.6 Å². The van der Waals surface area contributed by atoms with Crippen LogP contribution >= 0.6 is 0 Å². The van der Waals surface area contributed by atoms with Crippen LogP contribution in [0.25, 0.3) is 0 Å². The van der Waals surface area contributed by atoms with E-state index in [0.717, 1.165) is 25.7 Å². The third-order valence-corrected chi connectivity index (χ3v) is 3.32. The Morgan fingerprint density at radius 1 is 1.16 bits per heavy atom. The molecule has 0 heterocycles. The molecule has 0 unspecified atom stereocenters. The molecule has 2 N–H and O–H groups in total. The van der Waals surface area contributed by atoms with Crippen molar-refractivity contribution in [3.05, 3.63) is 0 Å². The molecule has 0 aromatic rings. The smallest absolute Gasteiger partial charge is 0.408 e. The predicted octanol–water partition coefficient (Wildman–Crippen LogP) is 2.21. The van der Waals surface area contributed by atoms with E-state index >= 15 is 0 Å². The van der Waals surface area contributed by atoms with Crippen LogP contribution in [0.5, 0.6) is 0 Å². The Kier molecular flexibility index (Phi) is 5.63. The molecule has 1 rings (SSSR count). The minimum Gasteiger partial charge on any atom is -0.444 e. The molecule has 0 saturated heterocycles. The number of carbonyl (C=O) groups is 2. The van der Waals surface area contributed by atoms with E-state index in [1.165, 1.54) is 6.42 Å². The van der Waals surface area contributed by atoms with E-state index in [0.29, 0.717) is 0 Å². The summed E-state index contributed by atoms with van der Waals surface area (Å²) >= 11 is 0. The van der Waals surface area contributed by atoms with E-state index in [1.807, 2.05) is 20.8 Å². The fourth-order valence-corrected chi connectivity index (χ4v) is 2.45. The molecule has 2 amide bonds. The van der Waals surface area contributed by atoms with Crippen molar-refractivity contribution in [2.45, 2.75) is 64.5 Å². The number of ether oxygens (including phenoxy) is 1. The van der Waals surface area contributed by atoms with Crippen LogP contribution in [0.4, 0.5) is 4.79 Å². The van der Waals surface area contributed by atoms with Gasteiger partial charge in [-0.1, -0.05) is 19.3 Å². The quantitative estimate of drug-likeness (QED) is 0.826. The van der Waals surface area contributed by atoms with Gasteiger partial charge in [0.1, 0.15) is 11.6 Å². The zero-order chi connectivity index (χ0) is 14.5. The third-order valence-electron chi connectivity index (χ3n) is 3.32. The van der Waals surface area contributed by atoms with Crippen LogP contribution in [0.3, 0.4) is 0 Å². The predicted molar refractivity (Wildman–Crippen MR) is 73.8 cm³/mol. The number of hydrogen-bond donors (Lipinski definition) is 2. The molecule has 19 heavy (non-hydrogen) atoms. The highest BCUT2D eigenvalue weighted by Gasteiger charge is 2.31. The van der Waals surface area contributed by atoms with E-state index in [4.69, 9.17) is 4.74 Å². The van der Waals surface area contributed by atoms with Crippen molar-refractivity contribution in [1.29, 1.82) is 0 Å². The second-order valence-corrected chi connectivity index (χ2v) is 6.14. The maximum Gasteiger partial charge on any atom is 0.408 e. The first-order valence-electron chi connectivity index (χ1n) is 7.04. The Bertz CT molecular complexity index is 317. The topological polar surface area (TPSA) is 67.4 Å². The second kappa shape index (κ2) is 6.78. The number of carbonyl (C=O) groups excluding carboxylic acids is 2. The molecule has 0 aromatic heterocycles. The normalized spacial score (nSPS) is 18.5. The zero-order valence-corrected chi connectivity index (χ0v) is 12.4. The highest BCUT2D eigenvalue weighted by Crippen LogP contribution is 2.26. The SMILES string of the molecule is CNC(=O)[C@H](NC(=O)OC(C)(C)C)C1CCCCC1. The van der Waals surface area contributed by atoms with E-state index in [-0.39, 0.29) is 11.8 Å². The van der Waals surface area contributed by atoms with Crippen molar-refractivity contribution >= 4 is 12.0 Å². The van der Waals surface area contributed by atoms with Crippen molar-refractivity contribution in [1.82, 2.24) is 10.6 Å². The molecule has 5 heteroatoms. The molecule has 0 radical (unpaired) electrons. The third kappa shape index (κ3) is 5.49. The average molecular weight is 270 g/mol. The van der Waals surface area contributed by atoms with Gasteiger partial charge in [0.25, 0.3) is 0 Å². The van der Waals surface area contributed by atoms with Gasteiger partial charge in [-0.25, -0.2) is 4.79 Å². The van der Waals surface area contributed by atoms with Gasteiger partial charge in [0.15, 0.2) is 0 Å². The molecular formula is C14H26N2O3. The number of amides is 2. The maximum absolute atomic E-state index is 11.9. The fraction of sp³-hybridized carbons (Fsp3) is 0.857. The van der Waals surface area contributed by atoms with Crippen LogP contribution in [-0.2, 0) is 9.53 Å². The van der Waals surface area contributed by atoms with Gasteiger partial charge in [-0.3, -0.25) is 4.79 Å². The number of rotatable bonds is 3. The van der Waals surface area contributed by atoms with E-state index < -0.39 is 17.7 Å². The molecule has 110 valence electrons. The summed E-state index contributed by atoms with van der Waals surface area (Å²) in [6.07, 6.45) is 4.89. The summed E-state index contributed by atoms with van der Waals surface area (Å²) in [7, 11) is 1.59. The minimum atomic E-state index is -0.552. The highest BCUT2D eigenvalue weighted by molar-refractivity contribution is 5.85. The van der Waals surface area contributed by atoms with Gasteiger partial charge in [-0.05, 0) is 39.5 Å². The lowest BCUT2D eigenvalue weighted by molar-refractivity contribution is -0.124. The molecule has 1 aliphatic rings. The average Bonchev–Trinajstić information content (AvgIpc) is 2.34. The first-order valence-corrected chi connectivity index (χ1v) is 7.04. The van der Waals surface area contributed by atoms with E-state index in [1.54, 1.807) is 7.05 Å². The van der Waals surface area contributed by atoms with E-state index in [2.05, 4.69) is 10.6 Å². The fourth-order valence-electron chi connectivity index (χ4n) is 2.45. The Balaban J connectivity index is 2.64. The first-order chi connectivity index (χ1) is 8.83. The van der Waals surface area contributed by atoms with Crippen LogP contribution in [0.1, 0.15) is 52.9 Å². The van der Waals surface area contributed by atoms with Gasteiger partial charge in [-0.2, -0.15) is 0 Å². The largest absolute Gasteiger partial charge is 0.444 e. The highest BCUT2D eigenvalue weighted by atomic mass is 16.6.